The van der Waals surface area contributed by atoms with Crippen molar-refractivity contribution in [3.8, 4) is 11.1 Å². The maximum Gasteiger partial charge on any atom is 0.227 e. The molecule has 0 fully saturated rings. The van der Waals surface area contributed by atoms with Crippen molar-refractivity contribution in [3.05, 3.63) is 109 Å². The van der Waals surface area contributed by atoms with Gasteiger partial charge in [0.2, 0.25) is 5.95 Å². The molecule has 0 saturated heterocycles. The van der Waals surface area contributed by atoms with Gasteiger partial charge in [0.25, 0.3) is 0 Å². The molecular formula is C31H31N3O3S. The monoisotopic (exact) mass is 525 g/mol. The van der Waals surface area contributed by atoms with Crippen molar-refractivity contribution in [1.82, 2.24) is 9.97 Å². The lowest BCUT2D eigenvalue weighted by Crippen LogP contribution is -2.03. The third-order valence-electron chi connectivity index (χ3n) is 5.98. The first-order valence-corrected chi connectivity index (χ1v) is 13.2. The first-order valence-electron chi connectivity index (χ1n) is 12.0. The van der Waals surface area contributed by atoms with Crippen molar-refractivity contribution < 1.29 is 14.2 Å². The van der Waals surface area contributed by atoms with E-state index in [1.807, 2.05) is 36.5 Å². The number of ether oxygens (including phenoxy) is 3. The van der Waals surface area contributed by atoms with E-state index < -0.39 is 0 Å². The number of benzene rings is 3. The lowest BCUT2D eigenvalue weighted by molar-refractivity contribution is 0.141. The highest BCUT2D eigenvalue weighted by Crippen LogP contribution is 2.27. The van der Waals surface area contributed by atoms with E-state index in [2.05, 4.69) is 65.6 Å². The predicted molar refractivity (Wildman–Crippen MR) is 158 cm³/mol. The summed E-state index contributed by atoms with van der Waals surface area (Å²) in [5, 5.41) is 4.32. The number of anilines is 2. The lowest BCUT2D eigenvalue weighted by Gasteiger charge is -2.12. The third kappa shape index (κ3) is 6.43. The highest BCUT2D eigenvalue weighted by atomic mass is 32.2. The number of fused-ring (bicyclic) bond motifs is 1. The molecule has 4 aromatic rings. The fraction of sp³-hybridized carbons (Fsp3) is 0.161. The van der Waals surface area contributed by atoms with Crippen LogP contribution in [0.2, 0.25) is 0 Å². The van der Waals surface area contributed by atoms with E-state index in [9.17, 15) is 0 Å². The Morgan fingerprint density at radius 3 is 2.45 bits per heavy atom. The summed E-state index contributed by atoms with van der Waals surface area (Å²) < 4.78 is 16.2. The number of allylic oxidation sites excluding steroid dienone is 3. The Morgan fingerprint density at radius 1 is 0.974 bits per heavy atom. The average Bonchev–Trinajstić information content (AvgIpc) is 2.96. The van der Waals surface area contributed by atoms with Crippen LogP contribution in [0.4, 0.5) is 11.6 Å². The average molecular weight is 526 g/mol. The number of hydrogen-bond donors (Lipinski definition) is 1. The first kappa shape index (κ1) is 27.0. The lowest BCUT2D eigenvalue weighted by atomic mass is 10.0. The van der Waals surface area contributed by atoms with Gasteiger partial charge in [-0.25, -0.2) is 9.97 Å². The standard InChI is InChI=1S/C31H31N3O3S/c1-6-21(18-29(36-3)30(37-4)20-35-2)23-8-7-9-26(16-23)33-31-32-19-25-11-10-24(17-28(25)34-31)22-12-14-27(38-5)15-13-22/h6-19H,1,20H2,2-5H3,(H,32,33,34)/b21-18+,30-29-. The molecule has 0 aliphatic heterocycles. The molecule has 6 nitrogen and oxygen atoms in total. The molecule has 1 N–H and O–H groups in total. The normalized spacial score (nSPS) is 12.2. The maximum absolute atomic E-state index is 5.54. The summed E-state index contributed by atoms with van der Waals surface area (Å²) in [5.41, 5.74) is 5.81. The minimum absolute atomic E-state index is 0.298. The van der Waals surface area contributed by atoms with Crippen LogP contribution in [0, 0.1) is 0 Å². The minimum Gasteiger partial charge on any atom is -0.495 e. The Labute approximate surface area is 228 Å². The van der Waals surface area contributed by atoms with E-state index in [4.69, 9.17) is 19.2 Å². The molecule has 7 heteroatoms. The second kappa shape index (κ2) is 12.9. The van der Waals surface area contributed by atoms with Crippen LogP contribution in [0.15, 0.2) is 108 Å². The first-order chi connectivity index (χ1) is 18.6. The van der Waals surface area contributed by atoms with Crippen molar-refractivity contribution in [2.45, 2.75) is 4.90 Å². The van der Waals surface area contributed by atoms with Crippen molar-refractivity contribution in [3.63, 3.8) is 0 Å². The van der Waals surface area contributed by atoms with Crippen LogP contribution in [-0.2, 0) is 14.2 Å². The second-order valence-electron chi connectivity index (χ2n) is 8.33. The molecule has 4 rings (SSSR count). The fourth-order valence-electron chi connectivity index (χ4n) is 3.97. The Kier molecular flexibility index (Phi) is 9.19. The van der Waals surface area contributed by atoms with Crippen LogP contribution < -0.4 is 5.32 Å². The van der Waals surface area contributed by atoms with E-state index in [0.29, 0.717) is 24.1 Å². The molecule has 3 aromatic carbocycles. The number of nitrogens with zero attached hydrogens (tertiary/aromatic N) is 2. The Bertz CT molecular complexity index is 1480. The molecule has 1 heterocycles. The number of nitrogens with one attached hydrogen (secondary N) is 1. The zero-order valence-electron chi connectivity index (χ0n) is 22.0. The zero-order valence-corrected chi connectivity index (χ0v) is 22.8. The van der Waals surface area contributed by atoms with Gasteiger partial charge in [0.1, 0.15) is 6.61 Å². The van der Waals surface area contributed by atoms with Gasteiger partial charge < -0.3 is 19.5 Å². The highest BCUT2D eigenvalue weighted by molar-refractivity contribution is 7.98. The van der Waals surface area contributed by atoms with Crippen LogP contribution in [0.3, 0.4) is 0 Å². The number of hydrogen-bond acceptors (Lipinski definition) is 7. The molecule has 0 radical (unpaired) electrons. The summed E-state index contributed by atoms with van der Waals surface area (Å²) in [6.45, 7) is 4.28. The van der Waals surface area contributed by atoms with Crippen molar-refractivity contribution >= 4 is 39.9 Å². The molecule has 194 valence electrons. The molecule has 0 atom stereocenters. The molecule has 0 aliphatic rings. The molecule has 38 heavy (non-hydrogen) atoms. The van der Waals surface area contributed by atoms with Crippen LogP contribution in [0.1, 0.15) is 5.56 Å². The summed E-state index contributed by atoms with van der Waals surface area (Å²) in [6.07, 6.45) is 7.57. The van der Waals surface area contributed by atoms with Gasteiger partial charge in [0.05, 0.1) is 19.7 Å². The molecular weight excluding hydrogens is 494 g/mol. The van der Waals surface area contributed by atoms with E-state index >= 15 is 0 Å². The number of rotatable bonds is 11. The maximum atomic E-state index is 5.54. The van der Waals surface area contributed by atoms with E-state index in [0.717, 1.165) is 38.9 Å². The smallest absolute Gasteiger partial charge is 0.227 e. The Balaban J connectivity index is 1.61. The largest absolute Gasteiger partial charge is 0.495 e. The van der Waals surface area contributed by atoms with E-state index in [1.165, 1.54) is 4.90 Å². The van der Waals surface area contributed by atoms with Gasteiger partial charge in [0, 0.05) is 29.3 Å². The molecule has 0 spiro atoms. The van der Waals surface area contributed by atoms with Crippen molar-refractivity contribution in [2.24, 2.45) is 0 Å². The predicted octanol–water partition coefficient (Wildman–Crippen LogP) is 7.48. The molecule has 1 aromatic heterocycles. The van der Waals surface area contributed by atoms with Crippen LogP contribution in [0.25, 0.3) is 27.6 Å². The van der Waals surface area contributed by atoms with Gasteiger partial charge >= 0.3 is 0 Å². The van der Waals surface area contributed by atoms with E-state index in [1.54, 1.807) is 39.2 Å². The Morgan fingerprint density at radius 2 is 1.76 bits per heavy atom. The summed E-state index contributed by atoms with van der Waals surface area (Å²) in [6, 6.07) is 22.8. The minimum atomic E-state index is 0.298. The summed E-state index contributed by atoms with van der Waals surface area (Å²) in [4.78, 5) is 10.5. The van der Waals surface area contributed by atoms with Gasteiger partial charge in [-0.05, 0) is 64.9 Å². The molecule has 0 bridgehead atoms. The number of aromatic nitrogens is 2. The zero-order chi connectivity index (χ0) is 26.9. The summed E-state index contributed by atoms with van der Waals surface area (Å²) >= 11 is 1.73. The summed E-state index contributed by atoms with van der Waals surface area (Å²) in [7, 11) is 4.80. The second-order valence-corrected chi connectivity index (χ2v) is 9.21. The van der Waals surface area contributed by atoms with Gasteiger partial charge in [-0.3, -0.25) is 0 Å². The molecule has 0 amide bonds. The topological polar surface area (TPSA) is 65.5 Å². The van der Waals surface area contributed by atoms with Crippen LogP contribution in [0.5, 0.6) is 0 Å². The van der Waals surface area contributed by atoms with Gasteiger partial charge in [-0.15, -0.1) is 11.8 Å². The van der Waals surface area contributed by atoms with Gasteiger partial charge in [-0.1, -0.05) is 49.1 Å². The van der Waals surface area contributed by atoms with Crippen LogP contribution in [-0.4, -0.2) is 44.2 Å². The quantitative estimate of drug-likeness (QED) is 0.124. The van der Waals surface area contributed by atoms with E-state index in [-0.39, 0.29) is 0 Å². The van der Waals surface area contributed by atoms with Crippen molar-refractivity contribution in [2.75, 3.05) is 39.5 Å². The molecule has 0 saturated carbocycles. The third-order valence-corrected chi connectivity index (χ3v) is 6.72. The Hall–Kier alpha value is -4.07. The molecule has 0 aliphatic carbocycles. The summed E-state index contributed by atoms with van der Waals surface area (Å²) in [5.74, 6) is 1.68. The number of methoxy groups -OCH3 is 3. The fourth-order valence-corrected chi connectivity index (χ4v) is 4.38. The SMILES string of the molecule is C=C/C(=C\C(OC)=C(/COC)OC)c1cccc(Nc2ncc3ccc(-c4ccc(SC)cc4)cc3n2)c1. The number of thioether (sulfide) groups is 1. The van der Waals surface area contributed by atoms with Crippen molar-refractivity contribution in [1.29, 1.82) is 0 Å². The van der Waals surface area contributed by atoms with Gasteiger partial charge in [-0.2, -0.15) is 0 Å². The molecule has 0 unspecified atom stereocenters. The highest BCUT2D eigenvalue weighted by Gasteiger charge is 2.09. The van der Waals surface area contributed by atoms with Crippen LogP contribution >= 0.6 is 11.8 Å². The van der Waals surface area contributed by atoms with Gasteiger partial charge in [0.15, 0.2) is 11.5 Å².